The van der Waals surface area contributed by atoms with Crippen molar-refractivity contribution in [1.82, 2.24) is 14.5 Å². The quantitative estimate of drug-likeness (QED) is 0.754. The largest absolute Gasteiger partial charge is 0.324 e. The minimum absolute atomic E-state index is 0.203. The normalized spacial score (nSPS) is 13.3. The maximum atomic E-state index is 13.8. The number of hydrogen-bond acceptors (Lipinski definition) is 2. The molecule has 3 nitrogen and oxygen atoms in total. The van der Waals surface area contributed by atoms with E-state index in [1.165, 1.54) is 6.07 Å². The molecule has 0 radical (unpaired) electrons. The highest BCUT2D eigenvalue weighted by Crippen LogP contribution is 2.27. The van der Waals surface area contributed by atoms with Crippen molar-refractivity contribution in [2.24, 2.45) is 0 Å². The van der Waals surface area contributed by atoms with Gasteiger partial charge in [0.2, 0.25) is 0 Å². The minimum atomic E-state index is -0.270. The molecular weight excluding hydrogens is 345 g/mol. The standard InChI is InChI=1S/C14H18BrClFN3/c1-9(8-19(2)3)20-13-7-11(17)10(15)6-12(13)18-14(20)4-5-16/h6-7,9H,4-5,8H2,1-3H3. The predicted octanol–water partition coefficient (Wildman–Crippen LogP) is 3.84. The van der Waals surface area contributed by atoms with E-state index in [2.05, 4.69) is 37.3 Å². The molecule has 2 aromatic rings. The van der Waals surface area contributed by atoms with E-state index < -0.39 is 0 Å². The highest BCUT2D eigenvalue weighted by molar-refractivity contribution is 9.10. The van der Waals surface area contributed by atoms with E-state index in [1.54, 1.807) is 6.07 Å². The van der Waals surface area contributed by atoms with Crippen LogP contribution in [-0.2, 0) is 6.42 Å². The minimum Gasteiger partial charge on any atom is -0.324 e. The summed E-state index contributed by atoms with van der Waals surface area (Å²) in [6.45, 7) is 2.97. The molecule has 0 spiro atoms. The summed E-state index contributed by atoms with van der Waals surface area (Å²) in [6, 6.07) is 3.46. The molecule has 0 N–H and O–H groups in total. The van der Waals surface area contributed by atoms with E-state index in [-0.39, 0.29) is 11.9 Å². The molecule has 1 heterocycles. The van der Waals surface area contributed by atoms with Crippen LogP contribution in [0.4, 0.5) is 4.39 Å². The fraction of sp³-hybridized carbons (Fsp3) is 0.500. The molecule has 0 aliphatic rings. The molecule has 0 saturated carbocycles. The van der Waals surface area contributed by atoms with Crippen molar-refractivity contribution in [2.45, 2.75) is 19.4 Å². The summed E-state index contributed by atoms with van der Waals surface area (Å²) in [5, 5.41) is 0. The molecule has 2 rings (SSSR count). The van der Waals surface area contributed by atoms with Crippen LogP contribution in [0.3, 0.4) is 0 Å². The highest BCUT2D eigenvalue weighted by Gasteiger charge is 2.17. The average molecular weight is 363 g/mol. The Labute approximate surface area is 131 Å². The van der Waals surface area contributed by atoms with Gasteiger partial charge in [0.25, 0.3) is 0 Å². The Balaban J connectivity index is 2.58. The van der Waals surface area contributed by atoms with E-state index >= 15 is 0 Å². The van der Waals surface area contributed by atoms with Crippen molar-refractivity contribution in [3.63, 3.8) is 0 Å². The van der Waals surface area contributed by atoms with E-state index in [4.69, 9.17) is 11.6 Å². The molecule has 110 valence electrons. The summed E-state index contributed by atoms with van der Waals surface area (Å²) in [6.07, 6.45) is 0.674. The first-order chi connectivity index (χ1) is 9.43. The van der Waals surface area contributed by atoms with E-state index in [9.17, 15) is 4.39 Å². The number of rotatable bonds is 5. The number of aryl methyl sites for hydroxylation is 1. The van der Waals surface area contributed by atoms with Crippen LogP contribution >= 0.6 is 27.5 Å². The summed E-state index contributed by atoms with van der Waals surface area (Å²) in [4.78, 5) is 6.70. The van der Waals surface area contributed by atoms with Gasteiger partial charge in [0, 0.05) is 31.0 Å². The van der Waals surface area contributed by atoms with Crippen LogP contribution in [0.2, 0.25) is 0 Å². The Morgan fingerprint density at radius 1 is 1.45 bits per heavy atom. The fourth-order valence-electron chi connectivity index (χ4n) is 2.50. The van der Waals surface area contributed by atoms with Gasteiger partial charge in [-0.25, -0.2) is 9.37 Å². The first kappa shape index (κ1) is 15.7. The second-order valence-corrected chi connectivity index (χ2v) is 6.44. The number of fused-ring (bicyclic) bond motifs is 1. The van der Waals surface area contributed by atoms with Crippen LogP contribution < -0.4 is 0 Å². The molecule has 6 heteroatoms. The second-order valence-electron chi connectivity index (χ2n) is 5.20. The zero-order valence-corrected chi connectivity index (χ0v) is 14.2. The molecule has 1 unspecified atom stereocenters. The van der Waals surface area contributed by atoms with Crippen LogP contribution in [-0.4, -0.2) is 41.0 Å². The molecule has 0 fully saturated rings. The lowest BCUT2D eigenvalue weighted by atomic mass is 10.2. The highest BCUT2D eigenvalue weighted by atomic mass is 79.9. The Morgan fingerprint density at radius 2 is 2.15 bits per heavy atom. The summed E-state index contributed by atoms with van der Waals surface area (Å²) in [7, 11) is 4.04. The van der Waals surface area contributed by atoms with Crippen LogP contribution in [0.5, 0.6) is 0 Å². The summed E-state index contributed by atoms with van der Waals surface area (Å²) < 4.78 is 16.4. The zero-order chi connectivity index (χ0) is 14.9. The Hall–Kier alpha value is -0.650. The van der Waals surface area contributed by atoms with Gasteiger partial charge in [0.15, 0.2) is 0 Å². The van der Waals surface area contributed by atoms with Crippen molar-refractivity contribution in [3.05, 3.63) is 28.2 Å². The number of hydrogen-bond donors (Lipinski definition) is 0. The number of likely N-dealkylation sites (N-methyl/N-ethyl adjacent to an activating group) is 1. The lowest BCUT2D eigenvalue weighted by molar-refractivity contribution is 0.337. The molecule has 20 heavy (non-hydrogen) atoms. The molecule has 0 saturated heterocycles. The maximum absolute atomic E-state index is 13.8. The molecule has 1 aromatic carbocycles. The fourth-order valence-corrected chi connectivity index (χ4v) is 3.00. The molecular formula is C14H18BrClFN3. The second kappa shape index (κ2) is 6.41. The van der Waals surface area contributed by atoms with Crippen molar-refractivity contribution in [1.29, 1.82) is 0 Å². The van der Waals surface area contributed by atoms with Gasteiger partial charge in [0.05, 0.1) is 15.5 Å². The molecule has 0 bridgehead atoms. The Kier molecular flexibility index (Phi) is 5.04. The van der Waals surface area contributed by atoms with Gasteiger partial charge in [-0.3, -0.25) is 0 Å². The summed E-state index contributed by atoms with van der Waals surface area (Å²) in [5.41, 5.74) is 1.61. The van der Waals surface area contributed by atoms with Crippen molar-refractivity contribution < 1.29 is 4.39 Å². The van der Waals surface area contributed by atoms with Gasteiger partial charge in [-0.15, -0.1) is 11.6 Å². The average Bonchev–Trinajstić information content (AvgIpc) is 2.67. The lowest BCUT2D eigenvalue weighted by Gasteiger charge is -2.21. The third-order valence-corrected chi connectivity index (χ3v) is 3.99. The maximum Gasteiger partial charge on any atom is 0.139 e. The molecule has 0 aliphatic carbocycles. The van der Waals surface area contributed by atoms with E-state index in [0.29, 0.717) is 16.8 Å². The van der Waals surface area contributed by atoms with Crippen LogP contribution in [0.15, 0.2) is 16.6 Å². The number of alkyl halides is 1. The molecule has 1 aromatic heterocycles. The smallest absolute Gasteiger partial charge is 0.139 e. The summed E-state index contributed by atoms with van der Waals surface area (Å²) >= 11 is 9.07. The van der Waals surface area contributed by atoms with Crippen molar-refractivity contribution >= 4 is 38.6 Å². The van der Waals surface area contributed by atoms with Crippen LogP contribution in [0.1, 0.15) is 18.8 Å². The summed E-state index contributed by atoms with van der Waals surface area (Å²) in [5.74, 6) is 1.14. The van der Waals surface area contributed by atoms with E-state index in [0.717, 1.165) is 23.4 Å². The van der Waals surface area contributed by atoms with Gasteiger partial charge >= 0.3 is 0 Å². The van der Waals surface area contributed by atoms with Crippen molar-refractivity contribution in [2.75, 3.05) is 26.5 Å². The van der Waals surface area contributed by atoms with Crippen LogP contribution in [0, 0.1) is 5.82 Å². The van der Waals surface area contributed by atoms with Crippen LogP contribution in [0.25, 0.3) is 11.0 Å². The molecule has 0 amide bonds. The van der Waals surface area contributed by atoms with Gasteiger partial charge in [0.1, 0.15) is 11.6 Å². The third-order valence-electron chi connectivity index (χ3n) is 3.19. The SMILES string of the molecule is CC(CN(C)C)n1c(CCCl)nc2cc(Br)c(F)cc21. The van der Waals surface area contributed by atoms with Crippen molar-refractivity contribution in [3.8, 4) is 0 Å². The van der Waals surface area contributed by atoms with Gasteiger partial charge in [-0.2, -0.15) is 0 Å². The zero-order valence-electron chi connectivity index (χ0n) is 11.8. The van der Waals surface area contributed by atoms with Gasteiger partial charge in [-0.05, 0) is 43.0 Å². The molecule has 1 atom stereocenters. The lowest BCUT2D eigenvalue weighted by Crippen LogP contribution is -2.23. The van der Waals surface area contributed by atoms with Gasteiger partial charge in [-0.1, -0.05) is 0 Å². The first-order valence-electron chi connectivity index (χ1n) is 6.50. The molecule has 0 aliphatic heterocycles. The number of imidazole rings is 1. The van der Waals surface area contributed by atoms with Gasteiger partial charge < -0.3 is 9.47 Å². The van der Waals surface area contributed by atoms with E-state index in [1.807, 2.05) is 14.1 Å². The monoisotopic (exact) mass is 361 g/mol. The third kappa shape index (κ3) is 3.15. The predicted molar refractivity (Wildman–Crippen MR) is 85.1 cm³/mol. The Morgan fingerprint density at radius 3 is 2.75 bits per heavy atom. The number of benzene rings is 1. The number of halogens is 3. The number of nitrogens with zero attached hydrogens (tertiary/aromatic N) is 3. The topological polar surface area (TPSA) is 21.1 Å². The first-order valence-corrected chi connectivity index (χ1v) is 7.83. The Bertz CT molecular complexity index is 612. The number of aromatic nitrogens is 2.